The molecular formula is C15H19N3O2. The molecule has 0 spiro atoms. The van der Waals surface area contributed by atoms with E-state index >= 15 is 0 Å². The van der Waals surface area contributed by atoms with E-state index in [1.165, 1.54) is 6.20 Å². The van der Waals surface area contributed by atoms with Crippen molar-refractivity contribution in [1.82, 2.24) is 15.5 Å². The Hall–Kier alpha value is -2.30. The predicted octanol–water partition coefficient (Wildman–Crippen LogP) is 2.69. The standard InChI is InChI=1S/C15H19N3O2/c1-10(2)20-14-6-4-5-12(7-14)11(3)18-15(19)13-8-16-17-9-13/h4-11H,1-3H3,(H,16,17)(H,18,19). The fraction of sp³-hybridized carbons (Fsp3) is 0.333. The summed E-state index contributed by atoms with van der Waals surface area (Å²) in [6.07, 6.45) is 3.20. The van der Waals surface area contributed by atoms with Crippen LogP contribution in [0.5, 0.6) is 5.75 Å². The van der Waals surface area contributed by atoms with E-state index in [2.05, 4.69) is 15.5 Å². The fourth-order valence-electron chi connectivity index (χ4n) is 1.87. The number of aromatic nitrogens is 2. The molecule has 0 radical (unpaired) electrons. The second kappa shape index (κ2) is 6.23. The molecule has 106 valence electrons. The highest BCUT2D eigenvalue weighted by molar-refractivity contribution is 5.93. The quantitative estimate of drug-likeness (QED) is 0.880. The van der Waals surface area contributed by atoms with Crippen LogP contribution in [0.4, 0.5) is 0 Å². The molecule has 0 aliphatic heterocycles. The summed E-state index contributed by atoms with van der Waals surface area (Å²) < 4.78 is 5.65. The molecule has 2 aromatic rings. The van der Waals surface area contributed by atoms with Crippen molar-refractivity contribution in [3.63, 3.8) is 0 Å². The molecule has 0 bridgehead atoms. The zero-order valence-corrected chi connectivity index (χ0v) is 11.9. The van der Waals surface area contributed by atoms with E-state index in [0.29, 0.717) is 5.56 Å². The monoisotopic (exact) mass is 273 g/mol. The van der Waals surface area contributed by atoms with Gasteiger partial charge in [-0.05, 0) is 38.5 Å². The number of rotatable bonds is 5. The van der Waals surface area contributed by atoms with Gasteiger partial charge in [0.15, 0.2) is 0 Å². The Labute approximate surface area is 118 Å². The number of ether oxygens (including phenoxy) is 1. The van der Waals surface area contributed by atoms with Crippen LogP contribution in [0.1, 0.15) is 42.7 Å². The van der Waals surface area contributed by atoms with E-state index in [1.807, 2.05) is 45.0 Å². The van der Waals surface area contributed by atoms with Crippen LogP contribution in [0, 0.1) is 0 Å². The minimum atomic E-state index is -0.151. The molecule has 0 fully saturated rings. The molecule has 20 heavy (non-hydrogen) atoms. The minimum Gasteiger partial charge on any atom is -0.491 e. The molecule has 2 rings (SSSR count). The minimum absolute atomic E-state index is 0.104. The lowest BCUT2D eigenvalue weighted by Crippen LogP contribution is -2.26. The number of carbonyl (C=O) groups is 1. The molecule has 1 amide bonds. The van der Waals surface area contributed by atoms with Gasteiger partial charge in [0.2, 0.25) is 0 Å². The van der Waals surface area contributed by atoms with Gasteiger partial charge in [0.05, 0.1) is 23.9 Å². The van der Waals surface area contributed by atoms with Gasteiger partial charge in [-0.3, -0.25) is 9.89 Å². The Balaban J connectivity index is 2.05. The summed E-state index contributed by atoms with van der Waals surface area (Å²) in [6, 6.07) is 7.64. The van der Waals surface area contributed by atoms with E-state index < -0.39 is 0 Å². The van der Waals surface area contributed by atoms with Gasteiger partial charge in [0.25, 0.3) is 5.91 Å². The van der Waals surface area contributed by atoms with Crippen LogP contribution < -0.4 is 10.1 Å². The average Bonchev–Trinajstić information content (AvgIpc) is 2.92. The normalized spacial score (nSPS) is 12.2. The number of carbonyl (C=O) groups excluding carboxylic acids is 1. The smallest absolute Gasteiger partial charge is 0.254 e. The summed E-state index contributed by atoms with van der Waals surface area (Å²) in [5.41, 5.74) is 1.52. The molecule has 1 atom stereocenters. The molecule has 1 unspecified atom stereocenters. The average molecular weight is 273 g/mol. The van der Waals surface area contributed by atoms with Crippen molar-refractivity contribution < 1.29 is 9.53 Å². The van der Waals surface area contributed by atoms with Crippen molar-refractivity contribution in [2.24, 2.45) is 0 Å². The van der Waals surface area contributed by atoms with Crippen LogP contribution in [-0.4, -0.2) is 22.2 Å². The summed E-state index contributed by atoms with van der Waals surface area (Å²) in [7, 11) is 0. The highest BCUT2D eigenvalue weighted by atomic mass is 16.5. The summed E-state index contributed by atoms with van der Waals surface area (Å²) in [5, 5.41) is 9.31. The Morgan fingerprint density at radius 2 is 2.15 bits per heavy atom. The molecular weight excluding hydrogens is 254 g/mol. The molecule has 1 aromatic heterocycles. The first kappa shape index (κ1) is 14.1. The maximum atomic E-state index is 11.9. The van der Waals surface area contributed by atoms with E-state index in [4.69, 9.17) is 4.74 Å². The Bertz CT molecular complexity index is 564. The van der Waals surface area contributed by atoms with Gasteiger partial charge in [0.1, 0.15) is 5.75 Å². The van der Waals surface area contributed by atoms with E-state index in [9.17, 15) is 4.79 Å². The first-order valence-corrected chi connectivity index (χ1v) is 6.62. The van der Waals surface area contributed by atoms with E-state index in [0.717, 1.165) is 11.3 Å². The number of benzene rings is 1. The number of amides is 1. The molecule has 5 nitrogen and oxygen atoms in total. The predicted molar refractivity (Wildman–Crippen MR) is 76.7 cm³/mol. The van der Waals surface area contributed by atoms with Crippen molar-refractivity contribution >= 4 is 5.91 Å². The van der Waals surface area contributed by atoms with Crippen LogP contribution in [0.3, 0.4) is 0 Å². The van der Waals surface area contributed by atoms with Crippen LogP contribution in [0.2, 0.25) is 0 Å². The first-order chi connectivity index (χ1) is 9.56. The molecule has 0 aliphatic carbocycles. The molecule has 0 saturated heterocycles. The third-order valence-electron chi connectivity index (χ3n) is 2.84. The number of hydrogen-bond donors (Lipinski definition) is 2. The number of hydrogen-bond acceptors (Lipinski definition) is 3. The van der Waals surface area contributed by atoms with Crippen LogP contribution in [-0.2, 0) is 0 Å². The molecule has 2 N–H and O–H groups in total. The van der Waals surface area contributed by atoms with Crippen molar-refractivity contribution in [2.45, 2.75) is 32.9 Å². The van der Waals surface area contributed by atoms with Crippen molar-refractivity contribution in [2.75, 3.05) is 0 Å². The lowest BCUT2D eigenvalue weighted by atomic mass is 10.1. The van der Waals surface area contributed by atoms with Gasteiger partial charge < -0.3 is 10.1 Å². The van der Waals surface area contributed by atoms with Gasteiger partial charge in [-0.25, -0.2) is 0 Å². The highest BCUT2D eigenvalue weighted by Crippen LogP contribution is 2.20. The second-order valence-electron chi connectivity index (χ2n) is 4.92. The third-order valence-corrected chi connectivity index (χ3v) is 2.84. The van der Waals surface area contributed by atoms with Crippen LogP contribution >= 0.6 is 0 Å². The number of aromatic amines is 1. The van der Waals surface area contributed by atoms with Gasteiger partial charge in [-0.15, -0.1) is 0 Å². The number of nitrogens with one attached hydrogen (secondary N) is 2. The largest absolute Gasteiger partial charge is 0.491 e. The van der Waals surface area contributed by atoms with Crippen LogP contribution in [0.25, 0.3) is 0 Å². The van der Waals surface area contributed by atoms with Crippen molar-refractivity contribution in [3.8, 4) is 5.75 Å². The summed E-state index contributed by atoms with van der Waals surface area (Å²) >= 11 is 0. The highest BCUT2D eigenvalue weighted by Gasteiger charge is 2.12. The van der Waals surface area contributed by atoms with Crippen molar-refractivity contribution in [3.05, 3.63) is 47.8 Å². The second-order valence-corrected chi connectivity index (χ2v) is 4.92. The zero-order chi connectivity index (χ0) is 14.5. The maximum Gasteiger partial charge on any atom is 0.254 e. The third kappa shape index (κ3) is 3.60. The molecule has 5 heteroatoms. The van der Waals surface area contributed by atoms with Crippen molar-refractivity contribution in [1.29, 1.82) is 0 Å². The Morgan fingerprint density at radius 3 is 2.80 bits per heavy atom. The molecule has 1 heterocycles. The number of H-pyrrole nitrogens is 1. The van der Waals surface area contributed by atoms with Gasteiger partial charge in [-0.1, -0.05) is 12.1 Å². The topological polar surface area (TPSA) is 67.0 Å². The van der Waals surface area contributed by atoms with Crippen LogP contribution in [0.15, 0.2) is 36.7 Å². The first-order valence-electron chi connectivity index (χ1n) is 6.62. The lowest BCUT2D eigenvalue weighted by molar-refractivity contribution is 0.0940. The SMILES string of the molecule is CC(C)Oc1cccc(C(C)NC(=O)c2cn[nH]c2)c1. The molecule has 0 aliphatic rings. The Kier molecular flexibility index (Phi) is 4.40. The van der Waals surface area contributed by atoms with Gasteiger partial charge in [0, 0.05) is 6.20 Å². The zero-order valence-electron chi connectivity index (χ0n) is 11.9. The fourth-order valence-corrected chi connectivity index (χ4v) is 1.87. The van der Waals surface area contributed by atoms with E-state index in [1.54, 1.807) is 6.20 Å². The summed E-state index contributed by atoms with van der Waals surface area (Å²) in [4.78, 5) is 11.9. The van der Waals surface area contributed by atoms with Gasteiger partial charge in [-0.2, -0.15) is 5.10 Å². The Morgan fingerprint density at radius 1 is 1.35 bits per heavy atom. The maximum absolute atomic E-state index is 11.9. The molecule has 1 aromatic carbocycles. The summed E-state index contributed by atoms with van der Waals surface area (Å²) in [6.45, 7) is 5.90. The van der Waals surface area contributed by atoms with Gasteiger partial charge >= 0.3 is 0 Å². The van der Waals surface area contributed by atoms with E-state index in [-0.39, 0.29) is 18.1 Å². The molecule has 0 saturated carbocycles. The summed E-state index contributed by atoms with van der Waals surface area (Å²) in [5.74, 6) is 0.656. The lowest BCUT2D eigenvalue weighted by Gasteiger charge is -2.16. The number of nitrogens with zero attached hydrogens (tertiary/aromatic N) is 1.